The number of hydrogen-bond acceptors (Lipinski definition) is 3. The zero-order valence-corrected chi connectivity index (χ0v) is 12.1. The number of amides is 1. The highest BCUT2D eigenvalue weighted by molar-refractivity contribution is 6.30. The van der Waals surface area contributed by atoms with Crippen molar-refractivity contribution in [2.75, 3.05) is 26.7 Å². The highest BCUT2D eigenvalue weighted by atomic mass is 35.5. The fourth-order valence-corrected chi connectivity index (χ4v) is 2.58. The van der Waals surface area contributed by atoms with Gasteiger partial charge in [-0.15, -0.1) is 0 Å². The highest BCUT2D eigenvalue weighted by Gasteiger charge is 2.28. The van der Waals surface area contributed by atoms with E-state index in [1.807, 2.05) is 11.9 Å². The zero-order valence-electron chi connectivity index (χ0n) is 11.4. The van der Waals surface area contributed by atoms with E-state index in [9.17, 15) is 9.18 Å². The minimum absolute atomic E-state index is 0.0100. The third-order valence-electron chi connectivity index (χ3n) is 3.39. The molecule has 1 atom stereocenters. The summed E-state index contributed by atoms with van der Waals surface area (Å²) < 4.78 is 18.4. The van der Waals surface area contributed by atoms with Crippen LogP contribution in [0.1, 0.15) is 12.8 Å². The van der Waals surface area contributed by atoms with Crippen LogP contribution in [0.4, 0.5) is 4.39 Å². The minimum atomic E-state index is -0.501. The van der Waals surface area contributed by atoms with E-state index in [0.29, 0.717) is 5.75 Å². The quantitative estimate of drug-likeness (QED) is 0.905. The molecule has 1 heterocycles. The molecule has 0 spiro atoms. The lowest BCUT2D eigenvalue weighted by molar-refractivity contribution is -0.134. The van der Waals surface area contributed by atoms with Crippen molar-refractivity contribution in [2.45, 2.75) is 18.9 Å². The Morgan fingerprint density at radius 1 is 1.60 bits per heavy atom. The zero-order chi connectivity index (χ0) is 14.5. The maximum atomic E-state index is 13.0. The Morgan fingerprint density at radius 3 is 3.10 bits per heavy atom. The third-order valence-corrected chi connectivity index (χ3v) is 3.68. The molecular weight excluding hydrogens is 283 g/mol. The number of hydrogen-bond donors (Lipinski definition) is 1. The maximum absolute atomic E-state index is 13.0. The molecule has 0 saturated carbocycles. The van der Waals surface area contributed by atoms with Gasteiger partial charge in [0.2, 0.25) is 0 Å². The molecule has 0 bridgehead atoms. The van der Waals surface area contributed by atoms with E-state index in [1.165, 1.54) is 18.2 Å². The van der Waals surface area contributed by atoms with Crippen molar-refractivity contribution in [2.24, 2.45) is 0 Å². The van der Waals surface area contributed by atoms with Crippen LogP contribution in [0.5, 0.6) is 5.75 Å². The van der Waals surface area contributed by atoms with E-state index < -0.39 is 5.82 Å². The van der Waals surface area contributed by atoms with Crippen LogP contribution in [0.25, 0.3) is 0 Å². The van der Waals surface area contributed by atoms with Crippen molar-refractivity contribution in [1.29, 1.82) is 0 Å². The molecule has 1 aliphatic rings. The van der Waals surface area contributed by atoms with Crippen LogP contribution in [0.2, 0.25) is 5.02 Å². The molecule has 1 N–H and O–H groups in total. The van der Waals surface area contributed by atoms with E-state index in [4.69, 9.17) is 16.3 Å². The summed E-state index contributed by atoms with van der Waals surface area (Å²) in [7, 11) is 1.87. The smallest absolute Gasteiger partial charge is 0.260 e. The predicted octanol–water partition coefficient (Wildman–Crippen LogP) is 2.07. The van der Waals surface area contributed by atoms with Gasteiger partial charge in [-0.3, -0.25) is 4.79 Å². The van der Waals surface area contributed by atoms with E-state index in [0.717, 1.165) is 25.9 Å². The Bertz CT molecular complexity index is 484. The number of likely N-dealkylation sites (tertiary alicyclic amines) is 1. The number of rotatable bonds is 5. The number of carbonyl (C=O) groups is 1. The van der Waals surface area contributed by atoms with Gasteiger partial charge in [0, 0.05) is 25.2 Å². The standard InChI is InChI=1S/C14H18ClFN2O2/c1-17-8-10-3-2-6-18(10)14(19)9-20-11-4-5-13(16)12(15)7-11/h4-5,7,10,17H,2-3,6,8-9H2,1H3/t10-/m0/s1. The highest BCUT2D eigenvalue weighted by Crippen LogP contribution is 2.22. The van der Waals surface area contributed by atoms with Crippen molar-refractivity contribution >= 4 is 17.5 Å². The fraction of sp³-hybridized carbons (Fsp3) is 0.500. The normalized spacial score (nSPS) is 18.4. The van der Waals surface area contributed by atoms with Crippen molar-refractivity contribution in [3.8, 4) is 5.75 Å². The molecule has 0 unspecified atom stereocenters. The lowest BCUT2D eigenvalue weighted by atomic mass is 10.2. The van der Waals surface area contributed by atoms with Crippen molar-refractivity contribution in [3.05, 3.63) is 29.0 Å². The average molecular weight is 301 g/mol. The van der Waals surface area contributed by atoms with Crippen LogP contribution >= 0.6 is 11.6 Å². The Hall–Kier alpha value is -1.33. The summed E-state index contributed by atoms with van der Waals surface area (Å²) in [6.45, 7) is 1.50. The molecule has 20 heavy (non-hydrogen) atoms. The second kappa shape index (κ2) is 6.90. The average Bonchev–Trinajstić information content (AvgIpc) is 2.88. The molecule has 1 aromatic carbocycles. The monoisotopic (exact) mass is 300 g/mol. The minimum Gasteiger partial charge on any atom is -0.484 e. The topological polar surface area (TPSA) is 41.6 Å². The summed E-state index contributed by atoms with van der Waals surface area (Å²) in [4.78, 5) is 14.0. The molecule has 0 radical (unpaired) electrons. The first kappa shape index (κ1) is 15.1. The molecule has 1 aliphatic heterocycles. The molecule has 0 aliphatic carbocycles. The molecule has 1 amide bonds. The van der Waals surface area contributed by atoms with Gasteiger partial charge in [-0.1, -0.05) is 11.6 Å². The Balaban J connectivity index is 1.89. The van der Waals surface area contributed by atoms with E-state index >= 15 is 0 Å². The molecule has 4 nitrogen and oxygen atoms in total. The number of nitrogens with one attached hydrogen (secondary N) is 1. The molecule has 1 aromatic rings. The van der Waals surface area contributed by atoms with Crippen LogP contribution < -0.4 is 10.1 Å². The van der Waals surface area contributed by atoms with Gasteiger partial charge < -0.3 is 15.0 Å². The molecular formula is C14H18ClFN2O2. The maximum Gasteiger partial charge on any atom is 0.260 e. The van der Waals surface area contributed by atoms with E-state index in [2.05, 4.69) is 5.32 Å². The molecule has 6 heteroatoms. The van der Waals surface area contributed by atoms with Crippen LogP contribution in [0.3, 0.4) is 0 Å². The lowest BCUT2D eigenvalue weighted by Gasteiger charge is -2.24. The first-order valence-corrected chi connectivity index (χ1v) is 7.01. The first-order chi connectivity index (χ1) is 9.61. The molecule has 1 saturated heterocycles. The SMILES string of the molecule is CNC[C@@H]1CCCN1C(=O)COc1ccc(F)c(Cl)c1. The number of likely N-dealkylation sites (N-methyl/N-ethyl adjacent to an activating group) is 1. The first-order valence-electron chi connectivity index (χ1n) is 6.63. The van der Waals surface area contributed by atoms with Crippen molar-refractivity contribution < 1.29 is 13.9 Å². The number of carbonyl (C=O) groups excluding carboxylic acids is 1. The lowest BCUT2D eigenvalue weighted by Crippen LogP contribution is -2.43. The summed E-state index contributed by atoms with van der Waals surface area (Å²) in [6, 6.07) is 4.29. The number of benzene rings is 1. The summed E-state index contributed by atoms with van der Waals surface area (Å²) in [5.41, 5.74) is 0. The van der Waals surface area contributed by atoms with E-state index in [1.54, 1.807) is 0 Å². The second-order valence-corrected chi connectivity index (χ2v) is 5.21. The van der Waals surface area contributed by atoms with Gasteiger partial charge in [-0.2, -0.15) is 0 Å². The van der Waals surface area contributed by atoms with Gasteiger partial charge in [0.25, 0.3) is 5.91 Å². The summed E-state index contributed by atoms with van der Waals surface area (Å²) in [5, 5.41) is 3.08. The van der Waals surface area contributed by atoms with Crippen molar-refractivity contribution in [3.63, 3.8) is 0 Å². The Morgan fingerprint density at radius 2 is 2.40 bits per heavy atom. The van der Waals surface area contributed by atoms with Crippen LogP contribution in [0, 0.1) is 5.82 Å². The van der Waals surface area contributed by atoms with Gasteiger partial charge in [0.1, 0.15) is 11.6 Å². The number of ether oxygens (including phenoxy) is 1. The van der Waals surface area contributed by atoms with Gasteiger partial charge in [-0.05, 0) is 32.0 Å². The number of nitrogens with zero attached hydrogens (tertiary/aromatic N) is 1. The van der Waals surface area contributed by atoms with Gasteiger partial charge in [-0.25, -0.2) is 4.39 Å². The van der Waals surface area contributed by atoms with Gasteiger partial charge in [0.05, 0.1) is 5.02 Å². The van der Waals surface area contributed by atoms with E-state index in [-0.39, 0.29) is 23.6 Å². The van der Waals surface area contributed by atoms with Crippen molar-refractivity contribution in [1.82, 2.24) is 10.2 Å². The largest absolute Gasteiger partial charge is 0.484 e. The third kappa shape index (κ3) is 3.61. The van der Waals surface area contributed by atoms with Gasteiger partial charge >= 0.3 is 0 Å². The van der Waals surface area contributed by atoms with Crippen LogP contribution in [-0.2, 0) is 4.79 Å². The number of halogens is 2. The van der Waals surface area contributed by atoms with Crippen LogP contribution in [-0.4, -0.2) is 43.6 Å². The summed E-state index contributed by atoms with van der Waals surface area (Å²) >= 11 is 5.66. The molecule has 0 aromatic heterocycles. The van der Waals surface area contributed by atoms with Crippen LogP contribution in [0.15, 0.2) is 18.2 Å². The van der Waals surface area contributed by atoms with Gasteiger partial charge in [0.15, 0.2) is 6.61 Å². The summed E-state index contributed by atoms with van der Waals surface area (Å²) in [5.74, 6) is -0.156. The predicted molar refractivity (Wildman–Crippen MR) is 75.6 cm³/mol. The molecule has 2 rings (SSSR count). The summed E-state index contributed by atoms with van der Waals surface area (Å²) in [6.07, 6.45) is 2.02. The second-order valence-electron chi connectivity index (χ2n) is 4.81. The fourth-order valence-electron chi connectivity index (χ4n) is 2.41. The Kier molecular flexibility index (Phi) is 5.20. The Labute approximate surface area is 122 Å². The molecule has 110 valence electrons. The molecule has 1 fully saturated rings.